The lowest BCUT2D eigenvalue weighted by molar-refractivity contribution is 0.0194. The summed E-state index contributed by atoms with van der Waals surface area (Å²) in [6, 6.07) is 7.06. The summed E-state index contributed by atoms with van der Waals surface area (Å²) in [6.45, 7) is 6.82. The Morgan fingerprint density at radius 2 is 1.82 bits per heavy atom. The molecule has 0 amide bonds. The minimum absolute atomic E-state index is 0. The molecule has 0 spiro atoms. The van der Waals surface area contributed by atoms with E-state index >= 15 is 0 Å². The number of benzene rings is 1. The number of methoxy groups -OCH3 is 2. The molecule has 1 saturated carbocycles. The van der Waals surface area contributed by atoms with E-state index in [1.54, 1.807) is 14.2 Å². The quantitative estimate of drug-likeness (QED) is 0.320. The summed E-state index contributed by atoms with van der Waals surface area (Å²) < 4.78 is 16.6. The lowest BCUT2D eigenvalue weighted by Crippen LogP contribution is -2.49. The Hall–Kier alpha value is -1.26. The van der Waals surface area contributed by atoms with E-state index < -0.39 is 0 Å². The number of halogens is 1. The number of guanidine groups is 1. The number of ether oxygens (including phenoxy) is 3. The lowest BCUT2D eigenvalue weighted by Gasteiger charge is -2.39. The molecule has 0 radical (unpaired) electrons. The van der Waals surface area contributed by atoms with E-state index in [9.17, 15) is 0 Å². The van der Waals surface area contributed by atoms with Crippen LogP contribution in [0.3, 0.4) is 0 Å². The summed E-state index contributed by atoms with van der Waals surface area (Å²) in [5, 5.41) is 3.77. The van der Waals surface area contributed by atoms with Gasteiger partial charge in [0.25, 0.3) is 0 Å². The fourth-order valence-corrected chi connectivity index (χ4v) is 5.72. The molecule has 33 heavy (non-hydrogen) atoms. The van der Waals surface area contributed by atoms with Gasteiger partial charge in [-0.1, -0.05) is 25.3 Å². The van der Waals surface area contributed by atoms with Gasteiger partial charge in [-0.3, -0.25) is 9.89 Å². The van der Waals surface area contributed by atoms with Crippen molar-refractivity contribution in [3.63, 3.8) is 0 Å². The number of hydrogen-bond donors (Lipinski definition) is 1. The van der Waals surface area contributed by atoms with Gasteiger partial charge in [-0.05, 0) is 37.0 Å². The molecule has 2 heterocycles. The fraction of sp³-hybridized carbons (Fsp3) is 0.720. The third-order valence-electron chi connectivity index (χ3n) is 7.63. The molecule has 7 nitrogen and oxygen atoms in total. The highest BCUT2D eigenvalue weighted by molar-refractivity contribution is 14.0. The van der Waals surface area contributed by atoms with E-state index in [0.717, 1.165) is 63.4 Å². The number of morpholine rings is 1. The van der Waals surface area contributed by atoms with Gasteiger partial charge in [0.05, 0.1) is 27.4 Å². The van der Waals surface area contributed by atoms with E-state index in [4.69, 9.17) is 14.2 Å². The van der Waals surface area contributed by atoms with Crippen LogP contribution < -0.4 is 14.8 Å². The second-order valence-corrected chi connectivity index (χ2v) is 9.35. The normalized spacial score (nSPS) is 23.7. The number of hydrogen-bond acceptors (Lipinski definition) is 5. The molecule has 1 unspecified atom stereocenters. The molecule has 186 valence electrons. The van der Waals surface area contributed by atoms with E-state index in [0.29, 0.717) is 6.04 Å². The first-order valence-corrected chi connectivity index (χ1v) is 12.2. The van der Waals surface area contributed by atoms with Crippen LogP contribution in [-0.2, 0) is 10.2 Å². The molecule has 1 aromatic carbocycles. The molecular weight excluding hydrogens is 531 g/mol. The zero-order chi connectivity index (χ0) is 22.4. The molecule has 4 rings (SSSR count). The van der Waals surface area contributed by atoms with Crippen molar-refractivity contribution in [1.29, 1.82) is 0 Å². The highest BCUT2D eigenvalue weighted by Crippen LogP contribution is 2.42. The van der Waals surface area contributed by atoms with Crippen LogP contribution >= 0.6 is 24.0 Å². The average Bonchev–Trinajstić information content (AvgIpc) is 3.35. The first-order valence-electron chi connectivity index (χ1n) is 12.2. The van der Waals surface area contributed by atoms with Crippen molar-refractivity contribution in [3.8, 4) is 11.5 Å². The summed E-state index contributed by atoms with van der Waals surface area (Å²) in [7, 11) is 5.32. The SMILES string of the molecule is CN=C(NCC1(c2ccc(OC)c(OC)c2)CCCCC1)N1CCC(N2CCOCC2)C1.I. The predicted molar refractivity (Wildman–Crippen MR) is 143 cm³/mol. The lowest BCUT2D eigenvalue weighted by atomic mass is 9.69. The Labute approximate surface area is 216 Å². The van der Waals surface area contributed by atoms with E-state index in [-0.39, 0.29) is 29.4 Å². The summed E-state index contributed by atoms with van der Waals surface area (Å²) in [5.74, 6) is 2.63. The van der Waals surface area contributed by atoms with E-state index in [2.05, 4.69) is 32.2 Å². The van der Waals surface area contributed by atoms with Crippen LogP contribution in [0.15, 0.2) is 23.2 Å². The zero-order valence-electron chi connectivity index (χ0n) is 20.5. The minimum Gasteiger partial charge on any atom is -0.493 e. The number of nitrogens with zero attached hydrogens (tertiary/aromatic N) is 3. The van der Waals surface area contributed by atoms with Crippen LogP contribution in [0.1, 0.15) is 44.1 Å². The molecule has 1 atom stereocenters. The zero-order valence-corrected chi connectivity index (χ0v) is 22.8. The highest BCUT2D eigenvalue weighted by Gasteiger charge is 2.36. The van der Waals surface area contributed by atoms with Crippen LogP contribution in [-0.4, -0.2) is 89.0 Å². The number of aliphatic imine (C=N–C) groups is 1. The molecule has 1 aliphatic carbocycles. The smallest absolute Gasteiger partial charge is 0.193 e. The molecule has 1 aromatic rings. The molecule has 0 aromatic heterocycles. The largest absolute Gasteiger partial charge is 0.493 e. The summed E-state index contributed by atoms with van der Waals surface area (Å²) in [4.78, 5) is 9.69. The second-order valence-electron chi connectivity index (χ2n) is 9.35. The molecular formula is C25H41IN4O3. The Kier molecular flexibility index (Phi) is 9.94. The fourth-order valence-electron chi connectivity index (χ4n) is 5.72. The summed E-state index contributed by atoms with van der Waals surface area (Å²) in [5.41, 5.74) is 1.43. The van der Waals surface area contributed by atoms with Crippen molar-refractivity contribution in [3.05, 3.63) is 23.8 Å². The molecule has 2 saturated heterocycles. The van der Waals surface area contributed by atoms with Crippen molar-refractivity contribution < 1.29 is 14.2 Å². The van der Waals surface area contributed by atoms with E-state index in [1.807, 2.05) is 13.1 Å². The van der Waals surface area contributed by atoms with Crippen molar-refractivity contribution in [1.82, 2.24) is 15.1 Å². The van der Waals surface area contributed by atoms with Gasteiger partial charge in [-0.15, -0.1) is 24.0 Å². The van der Waals surface area contributed by atoms with Crippen LogP contribution in [0.5, 0.6) is 11.5 Å². The number of nitrogens with one attached hydrogen (secondary N) is 1. The van der Waals surface area contributed by atoms with Gasteiger partial charge >= 0.3 is 0 Å². The molecule has 2 aliphatic heterocycles. The molecule has 3 fully saturated rings. The van der Waals surface area contributed by atoms with Gasteiger partial charge < -0.3 is 24.4 Å². The van der Waals surface area contributed by atoms with Gasteiger partial charge in [0.2, 0.25) is 0 Å². The predicted octanol–water partition coefficient (Wildman–Crippen LogP) is 3.51. The maximum atomic E-state index is 5.62. The maximum Gasteiger partial charge on any atom is 0.193 e. The number of rotatable bonds is 6. The monoisotopic (exact) mass is 572 g/mol. The first-order chi connectivity index (χ1) is 15.7. The van der Waals surface area contributed by atoms with Crippen molar-refractivity contribution in [2.45, 2.75) is 50.0 Å². The summed E-state index contributed by atoms with van der Waals surface area (Å²) in [6.07, 6.45) is 7.40. The number of likely N-dealkylation sites (tertiary alicyclic amines) is 1. The van der Waals surface area contributed by atoms with E-state index in [1.165, 1.54) is 44.1 Å². The molecule has 1 N–H and O–H groups in total. The Morgan fingerprint density at radius 3 is 2.48 bits per heavy atom. The Balaban J connectivity index is 0.00000306. The van der Waals surface area contributed by atoms with Crippen LogP contribution in [0.2, 0.25) is 0 Å². The van der Waals surface area contributed by atoms with Gasteiger partial charge in [-0.25, -0.2) is 0 Å². The van der Waals surface area contributed by atoms with Crippen LogP contribution in [0, 0.1) is 0 Å². The molecule has 0 bridgehead atoms. The standard InChI is InChI=1S/C25H40N4O3.HI/c1-26-24(29-12-9-21(18-29)28-13-15-32-16-14-28)27-19-25(10-5-4-6-11-25)20-7-8-22(30-2)23(17-20)31-3;/h7-8,17,21H,4-6,9-16,18-19H2,1-3H3,(H,26,27);1H. The second kappa shape index (κ2) is 12.4. The van der Waals surface area contributed by atoms with Gasteiger partial charge in [0, 0.05) is 51.2 Å². The maximum absolute atomic E-state index is 5.62. The molecule has 8 heteroatoms. The minimum atomic E-state index is 0. The highest BCUT2D eigenvalue weighted by atomic mass is 127. The Morgan fingerprint density at radius 1 is 1.09 bits per heavy atom. The van der Waals surface area contributed by atoms with Crippen molar-refractivity contribution >= 4 is 29.9 Å². The van der Waals surface area contributed by atoms with Gasteiger partial charge in [0.1, 0.15) is 0 Å². The van der Waals surface area contributed by atoms with Gasteiger partial charge in [-0.2, -0.15) is 0 Å². The third-order valence-corrected chi connectivity index (χ3v) is 7.63. The summed E-state index contributed by atoms with van der Waals surface area (Å²) >= 11 is 0. The average molecular weight is 573 g/mol. The first kappa shape index (κ1) is 26.3. The Bertz CT molecular complexity index is 779. The van der Waals surface area contributed by atoms with Crippen LogP contribution in [0.4, 0.5) is 0 Å². The van der Waals surface area contributed by atoms with Crippen LogP contribution in [0.25, 0.3) is 0 Å². The topological polar surface area (TPSA) is 58.6 Å². The van der Waals surface area contributed by atoms with Crippen molar-refractivity contribution in [2.24, 2.45) is 4.99 Å². The third kappa shape index (κ3) is 6.06. The molecule has 3 aliphatic rings. The van der Waals surface area contributed by atoms with Crippen molar-refractivity contribution in [2.75, 3.05) is 67.2 Å². The van der Waals surface area contributed by atoms with Gasteiger partial charge in [0.15, 0.2) is 17.5 Å².